The summed E-state index contributed by atoms with van der Waals surface area (Å²) in [5.41, 5.74) is 8.22. The van der Waals surface area contributed by atoms with E-state index in [0.717, 1.165) is 27.3 Å². The SMILES string of the molecule is C=C/C=c1/c(-c2cccc3ccccc23)c2ccccc2c(-c2cccc(-n3c4ccccc4c4ccccc43)c2)c1=C. The van der Waals surface area contributed by atoms with Crippen LogP contribution in [0.3, 0.4) is 0 Å². The number of rotatable bonds is 4. The predicted molar refractivity (Wildman–Crippen MR) is 186 cm³/mol. The molecule has 7 aromatic carbocycles. The van der Waals surface area contributed by atoms with Crippen molar-refractivity contribution in [2.45, 2.75) is 0 Å². The van der Waals surface area contributed by atoms with Gasteiger partial charge in [0.15, 0.2) is 0 Å². The Bertz CT molecular complexity index is 2430. The summed E-state index contributed by atoms with van der Waals surface area (Å²) in [5, 5.41) is 9.47. The third kappa shape index (κ3) is 3.86. The van der Waals surface area contributed by atoms with Gasteiger partial charge in [0.05, 0.1) is 11.0 Å². The highest BCUT2D eigenvalue weighted by molar-refractivity contribution is 6.11. The molecule has 8 rings (SSSR count). The van der Waals surface area contributed by atoms with E-state index in [1.54, 1.807) is 0 Å². The lowest BCUT2D eigenvalue weighted by Gasteiger charge is -2.17. The molecule has 0 atom stereocenters. The Hall–Kier alpha value is -5.66. The van der Waals surface area contributed by atoms with Gasteiger partial charge in [0, 0.05) is 16.5 Å². The minimum Gasteiger partial charge on any atom is -0.309 e. The van der Waals surface area contributed by atoms with E-state index < -0.39 is 0 Å². The van der Waals surface area contributed by atoms with Crippen molar-refractivity contribution >= 4 is 56.0 Å². The van der Waals surface area contributed by atoms with Crippen LogP contribution in [0, 0.1) is 0 Å². The zero-order valence-electron chi connectivity index (χ0n) is 23.8. The molecule has 0 amide bonds. The third-order valence-corrected chi connectivity index (χ3v) is 8.68. The summed E-state index contributed by atoms with van der Waals surface area (Å²) < 4.78 is 2.38. The van der Waals surface area contributed by atoms with Gasteiger partial charge in [-0.1, -0.05) is 141 Å². The average molecular weight is 548 g/mol. The zero-order valence-corrected chi connectivity index (χ0v) is 23.8. The minimum absolute atomic E-state index is 1.00. The van der Waals surface area contributed by atoms with Gasteiger partial charge in [0.1, 0.15) is 0 Å². The van der Waals surface area contributed by atoms with E-state index in [-0.39, 0.29) is 0 Å². The highest BCUT2D eigenvalue weighted by Crippen LogP contribution is 2.36. The van der Waals surface area contributed by atoms with Crippen LogP contribution >= 0.6 is 0 Å². The second-order valence-electron chi connectivity index (χ2n) is 11.0. The maximum absolute atomic E-state index is 4.74. The molecule has 1 heterocycles. The molecule has 0 bridgehead atoms. The van der Waals surface area contributed by atoms with Crippen LogP contribution < -0.4 is 10.4 Å². The molecule has 202 valence electrons. The molecule has 0 fully saturated rings. The van der Waals surface area contributed by atoms with Gasteiger partial charge >= 0.3 is 0 Å². The molecule has 0 aliphatic rings. The largest absolute Gasteiger partial charge is 0.309 e. The predicted octanol–water partition coefficient (Wildman–Crippen LogP) is 9.80. The molecule has 8 aromatic rings. The van der Waals surface area contributed by atoms with Crippen LogP contribution in [0.15, 0.2) is 152 Å². The molecule has 43 heavy (non-hydrogen) atoms. The smallest absolute Gasteiger partial charge is 0.0541 e. The molecule has 0 aliphatic heterocycles. The van der Waals surface area contributed by atoms with Crippen LogP contribution in [0.4, 0.5) is 0 Å². The molecule has 0 saturated heterocycles. The van der Waals surface area contributed by atoms with E-state index in [0.29, 0.717) is 0 Å². The molecule has 0 aliphatic carbocycles. The van der Waals surface area contributed by atoms with Crippen LogP contribution in [-0.2, 0) is 0 Å². The number of aromatic nitrogens is 1. The number of nitrogens with zero attached hydrogens (tertiary/aromatic N) is 1. The van der Waals surface area contributed by atoms with Crippen LogP contribution in [0.2, 0.25) is 0 Å². The highest BCUT2D eigenvalue weighted by atomic mass is 15.0. The number of allylic oxidation sites excluding steroid dienone is 1. The van der Waals surface area contributed by atoms with Gasteiger partial charge in [-0.2, -0.15) is 0 Å². The number of fused-ring (bicyclic) bond motifs is 5. The molecular formula is C42H29N. The fourth-order valence-electron chi connectivity index (χ4n) is 6.88. The van der Waals surface area contributed by atoms with E-state index in [4.69, 9.17) is 6.58 Å². The fourth-order valence-corrected chi connectivity index (χ4v) is 6.88. The van der Waals surface area contributed by atoms with Gasteiger partial charge in [-0.05, 0) is 78.5 Å². The van der Waals surface area contributed by atoms with E-state index in [2.05, 4.69) is 157 Å². The highest BCUT2D eigenvalue weighted by Gasteiger charge is 2.17. The first-order valence-corrected chi connectivity index (χ1v) is 14.7. The van der Waals surface area contributed by atoms with Crippen molar-refractivity contribution in [3.05, 3.63) is 163 Å². The molecule has 1 heteroatoms. The molecular weight excluding hydrogens is 518 g/mol. The summed E-state index contributed by atoms with van der Waals surface area (Å²) >= 11 is 0. The van der Waals surface area contributed by atoms with Crippen molar-refractivity contribution in [2.75, 3.05) is 0 Å². The minimum atomic E-state index is 1.00. The van der Waals surface area contributed by atoms with Crippen LogP contribution in [0.1, 0.15) is 0 Å². The van der Waals surface area contributed by atoms with Crippen molar-refractivity contribution < 1.29 is 0 Å². The molecule has 1 aromatic heterocycles. The van der Waals surface area contributed by atoms with Crippen molar-refractivity contribution in [2.24, 2.45) is 0 Å². The summed E-state index contributed by atoms with van der Waals surface area (Å²) in [6, 6.07) is 50.1. The summed E-state index contributed by atoms with van der Waals surface area (Å²) in [5.74, 6) is 0. The molecule has 0 saturated carbocycles. The lowest BCUT2D eigenvalue weighted by Crippen LogP contribution is -2.28. The van der Waals surface area contributed by atoms with Gasteiger partial charge in [-0.25, -0.2) is 0 Å². The van der Waals surface area contributed by atoms with Crippen molar-refractivity contribution in [1.82, 2.24) is 4.57 Å². The van der Waals surface area contributed by atoms with E-state index in [1.807, 2.05) is 6.08 Å². The first-order chi connectivity index (χ1) is 21.2. The maximum Gasteiger partial charge on any atom is 0.0541 e. The first kappa shape index (κ1) is 25.1. The number of para-hydroxylation sites is 2. The van der Waals surface area contributed by atoms with E-state index in [1.165, 1.54) is 54.5 Å². The number of benzene rings is 7. The Morgan fingerprint density at radius 2 is 1.07 bits per heavy atom. The Labute approximate surface area is 250 Å². The summed E-state index contributed by atoms with van der Waals surface area (Å²) in [4.78, 5) is 0. The average Bonchev–Trinajstić information content (AvgIpc) is 3.40. The van der Waals surface area contributed by atoms with Gasteiger partial charge in [-0.3, -0.25) is 0 Å². The monoisotopic (exact) mass is 547 g/mol. The summed E-state index contributed by atoms with van der Waals surface area (Å²) in [6.45, 7) is 8.83. The van der Waals surface area contributed by atoms with E-state index in [9.17, 15) is 0 Å². The molecule has 1 nitrogen and oxygen atoms in total. The zero-order chi connectivity index (χ0) is 28.9. The van der Waals surface area contributed by atoms with Crippen LogP contribution in [0.25, 0.3) is 83.9 Å². The maximum atomic E-state index is 4.74. The van der Waals surface area contributed by atoms with Crippen molar-refractivity contribution in [3.8, 4) is 27.9 Å². The quantitative estimate of drug-likeness (QED) is 0.207. The lowest BCUT2D eigenvalue weighted by atomic mass is 9.87. The summed E-state index contributed by atoms with van der Waals surface area (Å²) in [7, 11) is 0. The summed E-state index contributed by atoms with van der Waals surface area (Å²) in [6.07, 6.45) is 4.00. The van der Waals surface area contributed by atoms with Gasteiger partial charge in [0.25, 0.3) is 0 Å². The lowest BCUT2D eigenvalue weighted by molar-refractivity contribution is 1.18. The Kier molecular flexibility index (Phi) is 5.84. The first-order valence-electron chi connectivity index (χ1n) is 14.7. The number of hydrogen-bond donors (Lipinski definition) is 0. The Morgan fingerprint density at radius 1 is 0.512 bits per heavy atom. The third-order valence-electron chi connectivity index (χ3n) is 8.68. The Balaban J connectivity index is 1.45. The molecule has 0 unspecified atom stereocenters. The fraction of sp³-hybridized carbons (Fsp3) is 0. The normalized spacial score (nSPS) is 12.0. The van der Waals surface area contributed by atoms with Gasteiger partial charge in [0.2, 0.25) is 0 Å². The van der Waals surface area contributed by atoms with Gasteiger partial charge in [-0.15, -0.1) is 0 Å². The number of hydrogen-bond acceptors (Lipinski definition) is 0. The standard InChI is InChI=1S/C42H29N/c1-3-14-32-28(2)41(37-22-6-7-23-38(37)42(32)36-24-13-16-29-15-4-5-19-33(29)36)30-17-12-18-31(27-30)43-39-25-10-8-20-34(39)35-21-9-11-26-40(35)43/h3-27H,1-2H2/b32-14+. The Morgan fingerprint density at radius 3 is 1.77 bits per heavy atom. The molecule has 0 N–H and O–H groups in total. The topological polar surface area (TPSA) is 4.93 Å². The second-order valence-corrected chi connectivity index (χ2v) is 11.0. The van der Waals surface area contributed by atoms with Gasteiger partial charge < -0.3 is 4.57 Å². The van der Waals surface area contributed by atoms with Crippen LogP contribution in [0.5, 0.6) is 0 Å². The second kappa shape index (κ2) is 10.0. The van der Waals surface area contributed by atoms with Crippen molar-refractivity contribution in [1.29, 1.82) is 0 Å². The van der Waals surface area contributed by atoms with Crippen molar-refractivity contribution in [3.63, 3.8) is 0 Å². The molecule has 0 spiro atoms. The van der Waals surface area contributed by atoms with E-state index >= 15 is 0 Å². The molecule has 0 radical (unpaired) electrons. The van der Waals surface area contributed by atoms with Crippen LogP contribution in [-0.4, -0.2) is 4.57 Å².